The molecular weight excluding hydrogens is 328 g/mol. The van der Waals surface area contributed by atoms with Crippen LogP contribution in [0.5, 0.6) is 0 Å². The summed E-state index contributed by atoms with van der Waals surface area (Å²) in [7, 11) is 0. The first-order chi connectivity index (χ1) is 12.7. The van der Waals surface area contributed by atoms with Crippen molar-refractivity contribution in [2.45, 2.75) is 37.8 Å². The molecule has 0 bridgehead atoms. The highest BCUT2D eigenvalue weighted by molar-refractivity contribution is 6.28. The van der Waals surface area contributed by atoms with Crippen LogP contribution in [0.15, 0.2) is 24.3 Å². The summed E-state index contributed by atoms with van der Waals surface area (Å²) in [5.74, 6) is -0.503. The molecule has 1 saturated carbocycles. The normalized spacial score (nSPS) is 24.0. The standard InChI is InChI=1S/C20H22N4O2/c21-9-10-24-19(25)11-5-7-15-18-16(8-6-12(17(11)18)20(24)26)23-14-4-2-1-3-13(14)22-15/h5-8,13-14,22-23H,1-4,9-10,21H2. The number of benzene rings is 2. The molecule has 5 rings (SSSR count). The predicted octanol–water partition coefficient (Wildman–Crippen LogP) is 2.54. The van der Waals surface area contributed by atoms with Crippen LogP contribution >= 0.6 is 0 Å². The third-order valence-electron chi connectivity index (χ3n) is 5.91. The van der Waals surface area contributed by atoms with Gasteiger partial charge in [0, 0.05) is 58.4 Å². The van der Waals surface area contributed by atoms with Crippen molar-refractivity contribution in [3.05, 3.63) is 35.4 Å². The van der Waals surface area contributed by atoms with Gasteiger partial charge in [-0.3, -0.25) is 14.5 Å². The fourth-order valence-electron chi connectivity index (χ4n) is 4.68. The van der Waals surface area contributed by atoms with Gasteiger partial charge in [0.15, 0.2) is 0 Å². The molecule has 0 aromatic heterocycles. The zero-order valence-electron chi connectivity index (χ0n) is 14.5. The smallest absolute Gasteiger partial charge is 0.261 e. The van der Waals surface area contributed by atoms with Gasteiger partial charge in [0.2, 0.25) is 0 Å². The number of imide groups is 1. The molecule has 2 aromatic rings. The van der Waals surface area contributed by atoms with Crippen molar-refractivity contribution < 1.29 is 9.59 Å². The molecule has 4 N–H and O–H groups in total. The Labute approximate surface area is 151 Å². The van der Waals surface area contributed by atoms with Crippen molar-refractivity contribution in [1.82, 2.24) is 4.90 Å². The van der Waals surface area contributed by atoms with E-state index < -0.39 is 0 Å². The van der Waals surface area contributed by atoms with E-state index in [1.165, 1.54) is 17.7 Å². The summed E-state index contributed by atoms with van der Waals surface area (Å²) in [6.07, 6.45) is 4.71. The average Bonchev–Trinajstić information content (AvgIpc) is 2.82. The van der Waals surface area contributed by atoms with Gasteiger partial charge < -0.3 is 16.4 Å². The van der Waals surface area contributed by atoms with Gasteiger partial charge in [-0.1, -0.05) is 12.8 Å². The summed E-state index contributed by atoms with van der Waals surface area (Å²) < 4.78 is 0. The van der Waals surface area contributed by atoms with Gasteiger partial charge in [0.1, 0.15) is 0 Å². The van der Waals surface area contributed by atoms with E-state index in [0.29, 0.717) is 23.2 Å². The molecule has 2 aliphatic heterocycles. The molecule has 2 unspecified atom stereocenters. The van der Waals surface area contributed by atoms with Crippen LogP contribution in [0.2, 0.25) is 0 Å². The summed E-state index contributed by atoms with van der Waals surface area (Å²) >= 11 is 0. The van der Waals surface area contributed by atoms with Crippen LogP contribution in [-0.2, 0) is 0 Å². The lowest BCUT2D eigenvalue weighted by molar-refractivity contribution is 0.0615. The van der Waals surface area contributed by atoms with Crippen molar-refractivity contribution in [2.24, 2.45) is 5.73 Å². The number of nitrogens with one attached hydrogen (secondary N) is 2. The Balaban J connectivity index is 1.74. The minimum Gasteiger partial charge on any atom is -0.380 e. The highest BCUT2D eigenvalue weighted by Crippen LogP contribution is 2.42. The van der Waals surface area contributed by atoms with Crippen molar-refractivity contribution in [3.63, 3.8) is 0 Å². The molecule has 26 heavy (non-hydrogen) atoms. The molecule has 2 amide bonds. The number of amides is 2. The van der Waals surface area contributed by atoms with E-state index in [1.807, 2.05) is 24.3 Å². The topological polar surface area (TPSA) is 87.5 Å². The molecule has 6 nitrogen and oxygen atoms in total. The second kappa shape index (κ2) is 5.71. The van der Waals surface area contributed by atoms with Gasteiger partial charge in [-0.25, -0.2) is 0 Å². The number of nitrogens with two attached hydrogens (primary N) is 1. The van der Waals surface area contributed by atoms with Gasteiger partial charge >= 0.3 is 0 Å². The van der Waals surface area contributed by atoms with Crippen molar-refractivity contribution in [3.8, 4) is 0 Å². The van der Waals surface area contributed by atoms with Crippen molar-refractivity contribution in [2.75, 3.05) is 23.7 Å². The van der Waals surface area contributed by atoms with E-state index >= 15 is 0 Å². The number of fused-ring (bicyclic) bond motifs is 1. The van der Waals surface area contributed by atoms with E-state index in [-0.39, 0.29) is 24.9 Å². The quantitative estimate of drug-likeness (QED) is 0.725. The van der Waals surface area contributed by atoms with E-state index in [4.69, 9.17) is 5.73 Å². The third-order valence-corrected chi connectivity index (χ3v) is 5.91. The first-order valence-electron chi connectivity index (χ1n) is 9.38. The van der Waals surface area contributed by atoms with E-state index in [1.54, 1.807) is 0 Å². The summed E-state index contributed by atoms with van der Waals surface area (Å²) in [6, 6.07) is 8.41. The minimum atomic E-state index is -0.252. The van der Waals surface area contributed by atoms with Crippen LogP contribution in [0, 0.1) is 0 Å². The van der Waals surface area contributed by atoms with Crippen molar-refractivity contribution >= 4 is 34.0 Å². The van der Waals surface area contributed by atoms with E-state index in [0.717, 1.165) is 35.0 Å². The Morgan fingerprint density at radius 3 is 1.92 bits per heavy atom. The van der Waals surface area contributed by atoms with Crippen LogP contribution in [0.3, 0.4) is 0 Å². The molecule has 0 saturated heterocycles. The molecule has 134 valence electrons. The van der Waals surface area contributed by atoms with Crippen LogP contribution in [0.1, 0.15) is 46.4 Å². The molecule has 2 atom stereocenters. The molecule has 0 radical (unpaired) electrons. The monoisotopic (exact) mass is 350 g/mol. The van der Waals surface area contributed by atoms with E-state index in [2.05, 4.69) is 10.6 Å². The zero-order valence-corrected chi connectivity index (χ0v) is 14.5. The summed E-state index contributed by atoms with van der Waals surface area (Å²) in [5, 5.41) is 9.08. The Bertz CT molecular complexity index is 870. The Hall–Kier alpha value is -2.60. The van der Waals surface area contributed by atoms with Gasteiger partial charge in [-0.2, -0.15) is 0 Å². The van der Waals surface area contributed by atoms with Crippen LogP contribution in [-0.4, -0.2) is 41.9 Å². The van der Waals surface area contributed by atoms with Gasteiger partial charge in [-0.15, -0.1) is 0 Å². The number of carbonyl (C=O) groups is 2. The van der Waals surface area contributed by atoms with Crippen molar-refractivity contribution in [1.29, 1.82) is 0 Å². The van der Waals surface area contributed by atoms with Gasteiger partial charge in [0.25, 0.3) is 11.8 Å². The molecule has 2 heterocycles. The maximum absolute atomic E-state index is 12.9. The first-order valence-corrected chi connectivity index (χ1v) is 9.38. The number of anilines is 2. The second-order valence-electron chi connectivity index (χ2n) is 7.41. The van der Waals surface area contributed by atoms with Gasteiger partial charge in [0.05, 0.1) is 0 Å². The summed E-state index contributed by atoms with van der Waals surface area (Å²) in [5.41, 5.74) is 8.79. The second-order valence-corrected chi connectivity index (χ2v) is 7.41. The molecule has 6 heteroatoms. The summed E-state index contributed by atoms with van der Waals surface area (Å²) in [6.45, 7) is 0.501. The molecular formula is C20H22N4O2. The highest BCUT2D eigenvalue weighted by Gasteiger charge is 2.36. The molecule has 1 aliphatic carbocycles. The predicted molar refractivity (Wildman–Crippen MR) is 102 cm³/mol. The molecule has 1 fully saturated rings. The lowest BCUT2D eigenvalue weighted by Crippen LogP contribution is -2.43. The Morgan fingerprint density at radius 1 is 0.885 bits per heavy atom. The number of nitrogens with zero attached hydrogens (tertiary/aromatic N) is 1. The SMILES string of the molecule is NCCN1C(=O)c2ccc3c4c(ccc(c24)C1=O)NC1CCCCC1N3. The lowest BCUT2D eigenvalue weighted by atomic mass is 9.90. The van der Waals surface area contributed by atoms with Crippen LogP contribution in [0.4, 0.5) is 11.4 Å². The third kappa shape index (κ3) is 2.08. The molecule has 3 aliphatic rings. The number of carbonyl (C=O) groups excluding carboxylic acids is 2. The number of rotatable bonds is 2. The Morgan fingerprint density at radius 2 is 1.42 bits per heavy atom. The minimum absolute atomic E-state index is 0.239. The maximum Gasteiger partial charge on any atom is 0.261 e. The Kier molecular flexibility index (Phi) is 3.43. The fourth-order valence-corrected chi connectivity index (χ4v) is 4.68. The number of hydrogen-bond acceptors (Lipinski definition) is 5. The molecule has 0 spiro atoms. The van der Waals surface area contributed by atoms with Crippen LogP contribution < -0.4 is 16.4 Å². The number of hydrogen-bond donors (Lipinski definition) is 3. The van der Waals surface area contributed by atoms with E-state index in [9.17, 15) is 9.59 Å². The highest BCUT2D eigenvalue weighted by atomic mass is 16.2. The molecule has 2 aromatic carbocycles. The zero-order chi connectivity index (χ0) is 17.8. The largest absolute Gasteiger partial charge is 0.380 e. The van der Waals surface area contributed by atoms with Crippen LogP contribution in [0.25, 0.3) is 10.8 Å². The first kappa shape index (κ1) is 15.6. The fraction of sp³-hybridized carbons (Fsp3) is 0.400. The maximum atomic E-state index is 12.9. The lowest BCUT2D eigenvalue weighted by Gasteiger charge is -2.32. The van der Waals surface area contributed by atoms with Gasteiger partial charge in [-0.05, 0) is 37.1 Å². The summed E-state index contributed by atoms with van der Waals surface area (Å²) in [4.78, 5) is 27.0. The average molecular weight is 350 g/mol.